The van der Waals surface area contributed by atoms with E-state index in [0.29, 0.717) is 25.9 Å². The largest absolute Gasteiger partial charge is 0.382 e. The third kappa shape index (κ3) is 4.60. The highest BCUT2D eigenvalue weighted by Crippen LogP contribution is 2.29. The van der Waals surface area contributed by atoms with Gasteiger partial charge in [-0.3, -0.25) is 4.79 Å². The van der Waals surface area contributed by atoms with Crippen LogP contribution in [-0.4, -0.2) is 62.0 Å². The van der Waals surface area contributed by atoms with E-state index in [9.17, 15) is 4.79 Å². The van der Waals surface area contributed by atoms with Crippen LogP contribution in [0.25, 0.3) is 5.57 Å². The number of benzene rings is 1. The van der Waals surface area contributed by atoms with E-state index in [1.54, 1.807) is 7.11 Å². The zero-order chi connectivity index (χ0) is 20.8. The summed E-state index contributed by atoms with van der Waals surface area (Å²) in [5.41, 5.74) is 3.11. The minimum atomic E-state index is 0.147. The van der Waals surface area contributed by atoms with Gasteiger partial charge in [-0.15, -0.1) is 0 Å². The van der Waals surface area contributed by atoms with Gasteiger partial charge in [0.15, 0.2) is 0 Å². The third-order valence-corrected chi connectivity index (χ3v) is 6.11. The Morgan fingerprint density at radius 2 is 2.03 bits per heavy atom. The van der Waals surface area contributed by atoms with E-state index in [2.05, 4.69) is 40.7 Å². The van der Waals surface area contributed by atoms with Gasteiger partial charge in [-0.05, 0) is 36.5 Å². The predicted molar refractivity (Wildman–Crippen MR) is 117 cm³/mol. The Hall–Kier alpha value is -2.57. The summed E-state index contributed by atoms with van der Waals surface area (Å²) in [6, 6.07) is 8.00. The first-order chi connectivity index (χ1) is 14.8. The molecule has 1 atom stereocenters. The van der Waals surface area contributed by atoms with Crippen LogP contribution in [0.4, 0.5) is 0 Å². The van der Waals surface area contributed by atoms with E-state index in [4.69, 9.17) is 9.47 Å². The molecule has 6 heteroatoms. The molecule has 1 unspecified atom stereocenters. The lowest BCUT2D eigenvalue weighted by molar-refractivity contribution is -0.00750. The smallest absolute Gasteiger partial charge is 0.254 e. The molecule has 30 heavy (non-hydrogen) atoms. The first-order valence-corrected chi connectivity index (χ1v) is 10.8. The molecular formula is C24H31N3O3. The Kier molecular flexibility index (Phi) is 6.87. The number of nitrogens with one attached hydrogen (secondary N) is 1. The number of rotatable bonds is 8. The molecule has 1 aromatic carbocycles. The van der Waals surface area contributed by atoms with E-state index in [1.165, 1.54) is 5.57 Å². The van der Waals surface area contributed by atoms with Crippen LogP contribution >= 0.6 is 0 Å². The fraction of sp³-hybridized carbons (Fsp3) is 0.458. The van der Waals surface area contributed by atoms with Gasteiger partial charge in [-0.25, -0.2) is 0 Å². The molecular weight excluding hydrogens is 378 g/mol. The van der Waals surface area contributed by atoms with Crippen molar-refractivity contribution in [1.82, 2.24) is 15.1 Å². The molecule has 160 valence electrons. The van der Waals surface area contributed by atoms with E-state index in [0.717, 1.165) is 43.5 Å². The maximum atomic E-state index is 13.3. The van der Waals surface area contributed by atoms with Crippen LogP contribution in [-0.2, 0) is 9.47 Å². The zero-order valence-corrected chi connectivity index (χ0v) is 17.6. The van der Waals surface area contributed by atoms with Gasteiger partial charge in [-0.1, -0.05) is 36.4 Å². The van der Waals surface area contributed by atoms with Gasteiger partial charge in [0.2, 0.25) is 0 Å². The fourth-order valence-corrected chi connectivity index (χ4v) is 4.45. The van der Waals surface area contributed by atoms with E-state index in [1.807, 2.05) is 29.3 Å². The first-order valence-electron chi connectivity index (χ1n) is 10.8. The van der Waals surface area contributed by atoms with Gasteiger partial charge in [0.05, 0.1) is 13.2 Å². The Morgan fingerprint density at radius 1 is 1.20 bits per heavy atom. The second-order valence-electron chi connectivity index (χ2n) is 7.97. The fourth-order valence-electron chi connectivity index (χ4n) is 4.45. The SMILES string of the molecule is COCCOCN1C=CNC1C1CCN(C(=O)c2ccccc2C2=CC=CC2)CC1. The molecule has 0 radical (unpaired) electrons. The number of methoxy groups -OCH3 is 1. The number of ether oxygens (including phenoxy) is 2. The Bertz CT molecular complexity index is 825. The number of hydrogen-bond acceptors (Lipinski definition) is 5. The quantitative estimate of drug-likeness (QED) is 0.669. The Morgan fingerprint density at radius 3 is 2.80 bits per heavy atom. The van der Waals surface area contributed by atoms with Crippen LogP contribution in [0, 0.1) is 5.92 Å². The van der Waals surface area contributed by atoms with Crippen molar-refractivity contribution in [2.45, 2.75) is 25.4 Å². The number of hydrogen-bond donors (Lipinski definition) is 1. The summed E-state index contributed by atoms with van der Waals surface area (Å²) in [4.78, 5) is 17.5. The lowest BCUT2D eigenvalue weighted by atomic mass is 9.92. The highest BCUT2D eigenvalue weighted by molar-refractivity contribution is 5.99. The van der Waals surface area contributed by atoms with E-state index < -0.39 is 0 Å². The molecule has 4 rings (SSSR count). The molecule has 1 fully saturated rings. The summed E-state index contributed by atoms with van der Waals surface area (Å²) in [5, 5.41) is 3.46. The third-order valence-electron chi connectivity index (χ3n) is 6.11. The van der Waals surface area contributed by atoms with E-state index in [-0.39, 0.29) is 12.1 Å². The molecule has 1 N–H and O–H groups in total. The highest BCUT2D eigenvalue weighted by Gasteiger charge is 2.33. The van der Waals surface area contributed by atoms with Crippen LogP contribution in [0.2, 0.25) is 0 Å². The standard InChI is InChI=1S/C24H31N3O3/c1-29-16-17-30-18-27-15-12-25-23(27)20-10-13-26(14-11-20)24(28)22-9-5-4-8-21(22)19-6-2-3-7-19/h2-6,8-9,12,15,20,23,25H,7,10-11,13-14,16-18H2,1H3. The normalized spacial score (nSPS) is 21.2. The van der Waals surface area contributed by atoms with Crippen molar-refractivity contribution in [3.05, 3.63) is 66.0 Å². The molecule has 2 heterocycles. The Labute approximate surface area is 178 Å². The molecule has 1 amide bonds. The van der Waals surface area contributed by atoms with Crippen molar-refractivity contribution in [3.8, 4) is 0 Å². The van der Waals surface area contributed by atoms with Gasteiger partial charge in [-0.2, -0.15) is 0 Å². The number of piperidine rings is 1. The number of nitrogens with zero attached hydrogens (tertiary/aromatic N) is 2. The second kappa shape index (κ2) is 9.96. The van der Waals surface area contributed by atoms with Gasteiger partial charge < -0.3 is 24.6 Å². The molecule has 0 bridgehead atoms. The second-order valence-corrected chi connectivity index (χ2v) is 7.97. The van der Waals surface area contributed by atoms with Crippen LogP contribution in [0.3, 0.4) is 0 Å². The summed E-state index contributed by atoms with van der Waals surface area (Å²) in [6.07, 6.45) is 13.4. The summed E-state index contributed by atoms with van der Waals surface area (Å²) >= 11 is 0. The molecule has 6 nitrogen and oxygen atoms in total. The summed E-state index contributed by atoms with van der Waals surface area (Å²) in [6.45, 7) is 3.31. The summed E-state index contributed by atoms with van der Waals surface area (Å²) in [7, 11) is 1.68. The lowest BCUT2D eigenvalue weighted by Gasteiger charge is -2.38. The van der Waals surface area contributed by atoms with Crippen molar-refractivity contribution in [3.63, 3.8) is 0 Å². The number of amides is 1. The van der Waals surface area contributed by atoms with Crippen molar-refractivity contribution in [2.75, 3.05) is 40.1 Å². The molecule has 2 aliphatic heterocycles. The van der Waals surface area contributed by atoms with Crippen molar-refractivity contribution in [2.24, 2.45) is 5.92 Å². The predicted octanol–water partition coefficient (Wildman–Crippen LogP) is 3.21. The lowest BCUT2D eigenvalue weighted by Crippen LogP contribution is -2.48. The average Bonchev–Trinajstić information content (AvgIpc) is 3.49. The molecule has 0 spiro atoms. The van der Waals surface area contributed by atoms with Gasteiger partial charge >= 0.3 is 0 Å². The van der Waals surface area contributed by atoms with Gasteiger partial charge in [0, 0.05) is 44.1 Å². The molecule has 1 aliphatic carbocycles. The van der Waals surface area contributed by atoms with Crippen LogP contribution in [0.5, 0.6) is 0 Å². The summed E-state index contributed by atoms with van der Waals surface area (Å²) in [5.74, 6) is 0.626. The molecule has 1 saturated heterocycles. The number of carbonyl (C=O) groups excluding carboxylic acids is 1. The van der Waals surface area contributed by atoms with Crippen molar-refractivity contribution in [1.29, 1.82) is 0 Å². The maximum absolute atomic E-state index is 13.3. The molecule has 0 saturated carbocycles. The van der Waals surface area contributed by atoms with Gasteiger partial charge in [0.1, 0.15) is 12.9 Å². The Balaban J connectivity index is 1.33. The van der Waals surface area contributed by atoms with Crippen LogP contribution < -0.4 is 5.32 Å². The van der Waals surface area contributed by atoms with Crippen LogP contribution in [0.1, 0.15) is 35.2 Å². The van der Waals surface area contributed by atoms with Gasteiger partial charge in [0.25, 0.3) is 5.91 Å². The minimum absolute atomic E-state index is 0.147. The highest BCUT2D eigenvalue weighted by atomic mass is 16.5. The summed E-state index contributed by atoms with van der Waals surface area (Å²) < 4.78 is 10.7. The average molecular weight is 410 g/mol. The number of likely N-dealkylation sites (tertiary alicyclic amines) is 1. The topological polar surface area (TPSA) is 54.0 Å². The van der Waals surface area contributed by atoms with Crippen LogP contribution in [0.15, 0.2) is 54.9 Å². The van der Waals surface area contributed by atoms with Crippen molar-refractivity contribution < 1.29 is 14.3 Å². The first kappa shape index (κ1) is 20.7. The molecule has 1 aromatic rings. The van der Waals surface area contributed by atoms with Crippen molar-refractivity contribution >= 4 is 11.5 Å². The van der Waals surface area contributed by atoms with E-state index >= 15 is 0 Å². The number of allylic oxidation sites excluding steroid dienone is 4. The maximum Gasteiger partial charge on any atom is 0.254 e. The number of carbonyl (C=O) groups is 1. The molecule has 3 aliphatic rings. The molecule has 0 aromatic heterocycles. The monoisotopic (exact) mass is 409 g/mol. The minimum Gasteiger partial charge on any atom is -0.382 e. The zero-order valence-electron chi connectivity index (χ0n) is 17.6.